The molecule has 2 unspecified atom stereocenters. The first-order valence-electron chi connectivity index (χ1n) is 8.11. The van der Waals surface area contributed by atoms with Crippen LogP contribution in [-0.4, -0.2) is 17.9 Å². The molecule has 0 bridgehead atoms. The summed E-state index contributed by atoms with van der Waals surface area (Å²) in [6, 6.07) is 16.1. The summed E-state index contributed by atoms with van der Waals surface area (Å²) in [6.07, 6.45) is 1.85. The molecule has 0 radical (unpaired) electrons. The normalized spacial score (nSPS) is 13.4. The zero-order valence-corrected chi connectivity index (χ0v) is 14.0. The molecule has 0 saturated carbocycles. The molecule has 2 atom stereocenters. The van der Waals surface area contributed by atoms with E-state index in [4.69, 9.17) is 0 Å². The lowest BCUT2D eigenvalue weighted by Crippen LogP contribution is -2.35. The molecule has 122 valence electrons. The molecule has 0 aliphatic rings. The highest BCUT2D eigenvalue weighted by molar-refractivity contribution is 5.79. The maximum atomic E-state index is 13.3. The number of amides is 1. The minimum Gasteiger partial charge on any atom is -0.334 e. The van der Waals surface area contributed by atoms with Gasteiger partial charge in [-0.2, -0.15) is 0 Å². The largest absolute Gasteiger partial charge is 0.334 e. The van der Waals surface area contributed by atoms with Crippen LogP contribution in [0.3, 0.4) is 0 Å². The van der Waals surface area contributed by atoms with Gasteiger partial charge in [0.2, 0.25) is 5.91 Å². The zero-order valence-electron chi connectivity index (χ0n) is 14.0. The second-order valence-electron chi connectivity index (χ2n) is 6.00. The van der Waals surface area contributed by atoms with Crippen molar-refractivity contribution < 1.29 is 9.18 Å². The third kappa shape index (κ3) is 4.19. The van der Waals surface area contributed by atoms with Gasteiger partial charge < -0.3 is 4.90 Å². The van der Waals surface area contributed by atoms with Crippen LogP contribution in [0.15, 0.2) is 54.6 Å². The van der Waals surface area contributed by atoms with Crippen LogP contribution in [0.25, 0.3) is 0 Å². The van der Waals surface area contributed by atoms with E-state index in [2.05, 4.69) is 6.92 Å². The number of hydrogen-bond donors (Lipinski definition) is 0. The van der Waals surface area contributed by atoms with Crippen molar-refractivity contribution in [3.8, 4) is 0 Å². The van der Waals surface area contributed by atoms with E-state index in [1.807, 2.05) is 44.3 Å². The number of hydrogen-bond acceptors (Lipinski definition) is 1. The van der Waals surface area contributed by atoms with E-state index in [9.17, 15) is 9.18 Å². The number of carbonyl (C=O) groups excluding carboxylic acids is 1. The summed E-state index contributed by atoms with van der Waals surface area (Å²) >= 11 is 0. The first-order chi connectivity index (χ1) is 11.0. The van der Waals surface area contributed by atoms with Gasteiger partial charge in [-0.15, -0.1) is 0 Å². The van der Waals surface area contributed by atoms with Gasteiger partial charge in [-0.05, 0) is 29.7 Å². The summed E-state index contributed by atoms with van der Waals surface area (Å²) in [6.45, 7) is 4.05. The van der Waals surface area contributed by atoms with Crippen LogP contribution >= 0.6 is 0 Å². The van der Waals surface area contributed by atoms with Gasteiger partial charge in [-0.3, -0.25) is 4.79 Å². The molecule has 1 amide bonds. The SMILES string of the molecule is CCCC(C)C(=O)N(C)C(c1ccccc1)c1ccc(F)cc1. The predicted molar refractivity (Wildman–Crippen MR) is 91.5 cm³/mol. The van der Waals surface area contributed by atoms with Crippen LogP contribution in [0.5, 0.6) is 0 Å². The maximum Gasteiger partial charge on any atom is 0.225 e. The minimum absolute atomic E-state index is 0.0170. The van der Waals surface area contributed by atoms with Crippen molar-refractivity contribution >= 4 is 5.91 Å². The molecule has 0 fully saturated rings. The van der Waals surface area contributed by atoms with Gasteiger partial charge >= 0.3 is 0 Å². The van der Waals surface area contributed by atoms with E-state index in [0.29, 0.717) is 0 Å². The third-order valence-corrected chi connectivity index (χ3v) is 4.18. The van der Waals surface area contributed by atoms with Gasteiger partial charge in [0.1, 0.15) is 5.82 Å². The van der Waals surface area contributed by atoms with Gasteiger partial charge in [-0.25, -0.2) is 4.39 Å². The zero-order chi connectivity index (χ0) is 16.8. The summed E-state index contributed by atoms with van der Waals surface area (Å²) < 4.78 is 13.3. The first-order valence-corrected chi connectivity index (χ1v) is 8.11. The lowest BCUT2D eigenvalue weighted by molar-refractivity contribution is -0.135. The number of rotatable bonds is 6. The number of carbonyl (C=O) groups is 1. The van der Waals surface area contributed by atoms with Crippen molar-refractivity contribution in [2.75, 3.05) is 7.05 Å². The number of benzene rings is 2. The van der Waals surface area contributed by atoms with Crippen LogP contribution in [0.2, 0.25) is 0 Å². The van der Waals surface area contributed by atoms with Crippen LogP contribution in [0, 0.1) is 11.7 Å². The Hall–Kier alpha value is -2.16. The standard InChI is InChI=1S/C20H24FNO/c1-4-8-15(2)20(23)22(3)19(16-9-6-5-7-10-16)17-11-13-18(21)14-12-17/h5-7,9-15,19H,4,8H2,1-3H3. The molecule has 0 aromatic heterocycles. The maximum absolute atomic E-state index is 13.3. The van der Waals surface area contributed by atoms with Gasteiger partial charge in [0, 0.05) is 13.0 Å². The number of nitrogens with zero attached hydrogens (tertiary/aromatic N) is 1. The fourth-order valence-electron chi connectivity index (χ4n) is 2.95. The molecule has 2 aromatic carbocycles. The molecule has 0 N–H and O–H groups in total. The van der Waals surface area contributed by atoms with Gasteiger partial charge in [0.15, 0.2) is 0 Å². The van der Waals surface area contributed by atoms with Crippen LogP contribution in [-0.2, 0) is 4.79 Å². The van der Waals surface area contributed by atoms with Crippen LogP contribution in [0.1, 0.15) is 43.9 Å². The Bertz CT molecular complexity index is 624. The van der Waals surface area contributed by atoms with Gasteiger partial charge in [-0.1, -0.05) is 62.7 Å². The molecular formula is C20H24FNO. The summed E-state index contributed by atoms with van der Waals surface area (Å²) in [7, 11) is 1.83. The molecule has 0 heterocycles. The Morgan fingerprint density at radius 3 is 2.17 bits per heavy atom. The molecule has 0 aliphatic heterocycles. The predicted octanol–water partition coefficient (Wildman–Crippen LogP) is 4.81. The number of halogens is 1. The third-order valence-electron chi connectivity index (χ3n) is 4.18. The lowest BCUT2D eigenvalue weighted by Gasteiger charge is -2.31. The molecule has 23 heavy (non-hydrogen) atoms. The highest BCUT2D eigenvalue weighted by Crippen LogP contribution is 2.29. The van der Waals surface area contributed by atoms with Crippen molar-refractivity contribution in [1.82, 2.24) is 4.90 Å². The van der Waals surface area contributed by atoms with Crippen LogP contribution < -0.4 is 0 Å². The topological polar surface area (TPSA) is 20.3 Å². The summed E-state index contributed by atoms with van der Waals surface area (Å²) in [5.41, 5.74) is 1.94. The fraction of sp³-hybridized carbons (Fsp3) is 0.350. The first kappa shape index (κ1) is 17.2. The van der Waals surface area contributed by atoms with Crippen molar-refractivity contribution in [3.63, 3.8) is 0 Å². The quantitative estimate of drug-likeness (QED) is 0.749. The summed E-state index contributed by atoms with van der Waals surface area (Å²) in [5, 5.41) is 0. The van der Waals surface area contributed by atoms with Crippen molar-refractivity contribution in [1.29, 1.82) is 0 Å². The van der Waals surface area contributed by atoms with Crippen molar-refractivity contribution in [2.45, 2.75) is 32.7 Å². The fourth-order valence-corrected chi connectivity index (χ4v) is 2.95. The van der Waals surface area contributed by atoms with Crippen LogP contribution in [0.4, 0.5) is 4.39 Å². The van der Waals surface area contributed by atoms with E-state index < -0.39 is 0 Å². The van der Waals surface area contributed by atoms with E-state index in [1.165, 1.54) is 12.1 Å². The van der Waals surface area contributed by atoms with Crippen molar-refractivity contribution in [2.24, 2.45) is 5.92 Å². The molecule has 2 aromatic rings. The highest BCUT2D eigenvalue weighted by Gasteiger charge is 2.26. The van der Waals surface area contributed by atoms with Gasteiger partial charge in [0.05, 0.1) is 6.04 Å². The van der Waals surface area contributed by atoms with E-state index in [0.717, 1.165) is 24.0 Å². The Balaban J connectivity index is 2.37. The minimum atomic E-state index is -0.270. The summed E-state index contributed by atoms with van der Waals surface area (Å²) in [5.74, 6) is -0.171. The van der Waals surface area contributed by atoms with E-state index in [1.54, 1.807) is 17.0 Å². The van der Waals surface area contributed by atoms with Crippen molar-refractivity contribution in [3.05, 3.63) is 71.5 Å². The Labute approximate surface area is 137 Å². The average molecular weight is 313 g/mol. The average Bonchev–Trinajstić information content (AvgIpc) is 2.57. The second kappa shape index (κ2) is 7.91. The Morgan fingerprint density at radius 2 is 1.61 bits per heavy atom. The molecule has 2 rings (SSSR count). The molecule has 3 heteroatoms. The molecular weight excluding hydrogens is 289 g/mol. The molecule has 2 nitrogen and oxygen atoms in total. The molecule has 0 saturated heterocycles. The Morgan fingerprint density at radius 1 is 1.04 bits per heavy atom. The highest BCUT2D eigenvalue weighted by atomic mass is 19.1. The smallest absolute Gasteiger partial charge is 0.225 e. The van der Waals surface area contributed by atoms with E-state index in [-0.39, 0.29) is 23.7 Å². The van der Waals surface area contributed by atoms with Gasteiger partial charge in [0.25, 0.3) is 0 Å². The molecule has 0 aliphatic carbocycles. The second-order valence-corrected chi connectivity index (χ2v) is 6.00. The monoisotopic (exact) mass is 313 g/mol. The Kier molecular flexibility index (Phi) is 5.91. The molecule has 0 spiro atoms. The van der Waals surface area contributed by atoms with E-state index >= 15 is 0 Å². The lowest BCUT2D eigenvalue weighted by atomic mass is 9.95. The summed E-state index contributed by atoms with van der Waals surface area (Å²) in [4.78, 5) is 14.5.